The van der Waals surface area contributed by atoms with E-state index in [9.17, 15) is 4.39 Å². The smallest absolute Gasteiger partial charge is 0.127 e. The second kappa shape index (κ2) is 5.48. The first kappa shape index (κ1) is 14.0. The molecule has 0 N–H and O–H groups in total. The van der Waals surface area contributed by atoms with Gasteiger partial charge in [0.05, 0.1) is 0 Å². The Balaban J connectivity index is 2.86. The first-order valence-corrected chi connectivity index (χ1v) is 6.25. The Hall–Kier alpha value is -1.11. The molecule has 0 aromatic heterocycles. The van der Waals surface area contributed by atoms with Crippen LogP contribution in [-0.2, 0) is 6.42 Å². The molecule has 0 spiro atoms. The highest BCUT2D eigenvalue weighted by Crippen LogP contribution is 2.19. The summed E-state index contributed by atoms with van der Waals surface area (Å²) in [6.45, 7) is 10.6. The Labute approximate surface area is 105 Å². The molecule has 0 saturated carbocycles. The molecule has 1 rings (SSSR count). The lowest BCUT2D eigenvalue weighted by molar-refractivity contribution is 0.547. The van der Waals surface area contributed by atoms with Gasteiger partial charge in [0.25, 0.3) is 0 Å². The predicted octanol–water partition coefficient (Wildman–Crippen LogP) is 5.08. The van der Waals surface area contributed by atoms with Crippen LogP contribution in [0.2, 0.25) is 0 Å². The maximum Gasteiger partial charge on any atom is 0.127 e. The number of allylic oxidation sites excluding steroid dienone is 1. The highest BCUT2D eigenvalue weighted by molar-refractivity contribution is 5.50. The first-order valence-electron chi connectivity index (χ1n) is 6.25. The average Bonchev–Trinajstić information content (AvgIpc) is 2.17. The zero-order valence-corrected chi connectivity index (χ0v) is 11.5. The molecule has 0 aliphatic heterocycles. The van der Waals surface area contributed by atoms with Crippen molar-refractivity contribution >= 4 is 6.08 Å². The fourth-order valence-electron chi connectivity index (χ4n) is 1.62. The van der Waals surface area contributed by atoms with Gasteiger partial charge in [-0.1, -0.05) is 58.9 Å². The van der Waals surface area contributed by atoms with Crippen LogP contribution in [-0.4, -0.2) is 0 Å². The van der Waals surface area contributed by atoms with Gasteiger partial charge in [-0.15, -0.1) is 0 Å². The Kier molecular flexibility index (Phi) is 4.50. The van der Waals surface area contributed by atoms with Crippen LogP contribution in [0.3, 0.4) is 0 Å². The number of rotatable bonds is 3. The Bertz CT molecular complexity index is 394. The summed E-state index contributed by atoms with van der Waals surface area (Å²) in [6, 6.07) is 5.51. The third-order valence-corrected chi connectivity index (χ3v) is 2.48. The van der Waals surface area contributed by atoms with E-state index in [1.807, 2.05) is 18.2 Å². The maximum absolute atomic E-state index is 13.8. The molecule has 1 aromatic carbocycles. The molecule has 17 heavy (non-hydrogen) atoms. The molecule has 0 aliphatic carbocycles. The molecule has 0 atom stereocenters. The fraction of sp³-hybridized carbons (Fsp3) is 0.500. The van der Waals surface area contributed by atoms with Crippen LogP contribution in [0, 0.1) is 17.2 Å². The quantitative estimate of drug-likeness (QED) is 0.684. The second-order valence-electron chi connectivity index (χ2n) is 6.15. The van der Waals surface area contributed by atoms with Crippen molar-refractivity contribution in [3.8, 4) is 0 Å². The largest absolute Gasteiger partial charge is 0.207 e. The van der Waals surface area contributed by atoms with E-state index in [0.717, 1.165) is 17.5 Å². The summed E-state index contributed by atoms with van der Waals surface area (Å²) in [6.07, 6.45) is 4.89. The zero-order valence-electron chi connectivity index (χ0n) is 11.5. The third kappa shape index (κ3) is 5.16. The Morgan fingerprint density at radius 2 is 1.88 bits per heavy atom. The minimum atomic E-state index is -0.0882. The summed E-state index contributed by atoms with van der Waals surface area (Å²) in [5, 5.41) is 0. The first-order chi connectivity index (χ1) is 7.78. The van der Waals surface area contributed by atoms with Gasteiger partial charge in [-0.2, -0.15) is 0 Å². The van der Waals surface area contributed by atoms with Crippen molar-refractivity contribution < 1.29 is 4.39 Å². The number of benzene rings is 1. The van der Waals surface area contributed by atoms with E-state index in [2.05, 4.69) is 40.7 Å². The van der Waals surface area contributed by atoms with Gasteiger partial charge in [-0.05, 0) is 34.9 Å². The molecule has 1 aromatic rings. The molecule has 0 bridgehead atoms. The van der Waals surface area contributed by atoms with Gasteiger partial charge in [0, 0.05) is 0 Å². The van der Waals surface area contributed by atoms with Crippen LogP contribution < -0.4 is 0 Å². The summed E-state index contributed by atoms with van der Waals surface area (Å²) in [5.74, 6) is 0.398. The van der Waals surface area contributed by atoms with Crippen LogP contribution in [0.15, 0.2) is 24.3 Å². The van der Waals surface area contributed by atoms with Crippen molar-refractivity contribution in [1.29, 1.82) is 0 Å². The summed E-state index contributed by atoms with van der Waals surface area (Å²) >= 11 is 0. The number of halogens is 1. The molecule has 0 unspecified atom stereocenters. The molecule has 0 radical (unpaired) electrons. The lowest BCUT2D eigenvalue weighted by atomic mass is 9.95. The zero-order chi connectivity index (χ0) is 13.1. The molecule has 0 amide bonds. The lowest BCUT2D eigenvalue weighted by Gasteiger charge is -2.11. The van der Waals surface area contributed by atoms with Crippen LogP contribution in [0.5, 0.6) is 0 Å². The SMILES string of the molecule is CC(C)Cc1ccc(/C=C/C(C)(C)C)cc1F. The molecular formula is C16H23F. The van der Waals surface area contributed by atoms with Crippen molar-refractivity contribution in [2.24, 2.45) is 11.3 Å². The van der Waals surface area contributed by atoms with Crippen molar-refractivity contribution in [3.05, 3.63) is 41.2 Å². The average molecular weight is 234 g/mol. The van der Waals surface area contributed by atoms with Gasteiger partial charge < -0.3 is 0 Å². The van der Waals surface area contributed by atoms with E-state index in [1.165, 1.54) is 0 Å². The Morgan fingerprint density at radius 1 is 1.24 bits per heavy atom. The van der Waals surface area contributed by atoms with Gasteiger partial charge >= 0.3 is 0 Å². The second-order valence-corrected chi connectivity index (χ2v) is 6.15. The van der Waals surface area contributed by atoms with Crippen LogP contribution in [0.4, 0.5) is 4.39 Å². The number of hydrogen-bond donors (Lipinski definition) is 0. The number of hydrogen-bond acceptors (Lipinski definition) is 0. The molecule has 0 nitrogen and oxygen atoms in total. The molecule has 0 fully saturated rings. The molecule has 0 heterocycles. The third-order valence-electron chi connectivity index (χ3n) is 2.48. The van der Waals surface area contributed by atoms with Gasteiger partial charge in [0.2, 0.25) is 0 Å². The van der Waals surface area contributed by atoms with Crippen molar-refractivity contribution in [1.82, 2.24) is 0 Å². The summed E-state index contributed by atoms with van der Waals surface area (Å²) in [7, 11) is 0. The van der Waals surface area contributed by atoms with E-state index in [0.29, 0.717) is 5.92 Å². The minimum Gasteiger partial charge on any atom is -0.207 e. The van der Waals surface area contributed by atoms with E-state index in [4.69, 9.17) is 0 Å². The molecule has 0 aliphatic rings. The van der Waals surface area contributed by atoms with E-state index in [-0.39, 0.29) is 11.2 Å². The monoisotopic (exact) mass is 234 g/mol. The van der Waals surface area contributed by atoms with Gasteiger partial charge in [-0.3, -0.25) is 0 Å². The summed E-state index contributed by atoms with van der Waals surface area (Å²) in [5.41, 5.74) is 1.88. The lowest BCUT2D eigenvalue weighted by Crippen LogP contribution is -1.99. The van der Waals surface area contributed by atoms with Crippen LogP contribution >= 0.6 is 0 Å². The van der Waals surface area contributed by atoms with E-state index in [1.54, 1.807) is 6.07 Å². The van der Waals surface area contributed by atoms with Gasteiger partial charge in [0.1, 0.15) is 5.82 Å². The summed E-state index contributed by atoms with van der Waals surface area (Å²) < 4.78 is 13.8. The topological polar surface area (TPSA) is 0 Å². The maximum atomic E-state index is 13.8. The Morgan fingerprint density at radius 3 is 2.35 bits per heavy atom. The van der Waals surface area contributed by atoms with Crippen molar-refractivity contribution in [2.45, 2.75) is 41.0 Å². The molecule has 1 heteroatoms. The minimum absolute atomic E-state index is 0.0882. The molecular weight excluding hydrogens is 211 g/mol. The van der Waals surface area contributed by atoms with Crippen molar-refractivity contribution in [3.63, 3.8) is 0 Å². The highest BCUT2D eigenvalue weighted by Gasteiger charge is 2.06. The normalized spacial score (nSPS) is 12.6. The summed E-state index contributed by atoms with van der Waals surface area (Å²) in [4.78, 5) is 0. The van der Waals surface area contributed by atoms with Crippen molar-refractivity contribution in [2.75, 3.05) is 0 Å². The standard InChI is InChI=1S/C16H23F/c1-12(2)10-14-7-6-13(11-15(14)17)8-9-16(3,4)5/h6-9,11-12H,10H2,1-5H3/b9-8+. The molecule has 94 valence electrons. The molecule has 0 saturated heterocycles. The van der Waals surface area contributed by atoms with Gasteiger partial charge in [-0.25, -0.2) is 4.39 Å². The van der Waals surface area contributed by atoms with Gasteiger partial charge in [0.15, 0.2) is 0 Å². The van der Waals surface area contributed by atoms with Crippen LogP contribution in [0.25, 0.3) is 6.08 Å². The fourth-order valence-corrected chi connectivity index (χ4v) is 1.62. The highest BCUT2D eigenvalue weighted by atomic mass is 19.1. The van der Waals surface area contributed by atoms with E-state index < -0.39 is 0 Å². The van der Waals surface area contributed by atoms with Crippen LogP contribution in [0.1, 0.15) is 45.7 Å². The predicted molar refractivity (Wildman–Crippen MR) is 73.4 cm³/mol. The van der Waals surface area contributed by atoms with E-state index >= 15 is 0 Å².